The molecule has 0 atom stereocenters. The van der Waals surface area contributed by atoms with E-state index in [1.807, 2.05) is 18.2 Å². The minimum Gasteiger partial charge on any atom is -0.384 e. The minimum atomic E-state index is -0.392. The van der Waals surface area contributed by atoms with E-state index < -0.39 is 5.82 Å². The van der Waals surface area contributed by atoms with Crippen molar-refractivity contribution in [1.29, 1.82) is 5.41 Å². The fourth-order valence-corrected chi connectivity index (χ4v) is 2.27. The van der Waals surface area contributed by atoms with Gasteiger partial charge in [0.1, 0.15) is 11.7 Å². The predicted molar refractivity (Wildman–Crippen MR) is 83.6 cm³/mol. The first-order valence-electron chi connectivity index (χ1n) is 7.00. The Morgan fingerprint density at radius 1 is 1.10 bits per heavy atom. The summed E-state index contributed by atoms with van der Waals surface area (Å²) in [5.41, 5.74) is 7.34. The molecule has 2 aromatic carbocycles. The second-order valence-corrected chi connectivity index (χ2v) is 4.98. The zero-order chi connectivity index (χ0) is 15.2. The van der Waals surface area contributed by atoms with Gasteiger partial charge in [-0.15, -0.1) is 0 Å². The molecule has 2 aromatic rings. The molecule has 21 heavy (non-hydrogen) atoms. The summed E-state index contributed by atoms with van der Waals surface area (Å²) in [5, 5.41) is 7.40. The third kappa shape index (κ3) is 3.89. The SMILES string of the molecule is CCN(Cc1ccccc1)Cc1cccc(C(=N)N)c1F. The van der Waals surface area contributed by atoms with Crippen LogP contribution in [-0.2, 0) is 13.1 Å². The first-order valence-corrected chi connectivity index (χ1v) is 7.00. The lowest BCUT2D eigenvalue weighted by Crippen LogP contribution is -2.24. The third-order valence-electron chi connectivity index (χ3n) is 3.46. The van der Waals surface area contributed by atoms with Crippen LogP contribution < -0.4 is 5.73 Å². The van der Waals surface area contributed by atoms with Gasteiger partial charge >= 0.3 is 0 Å². The highest BCUT2D eigenvalue weighted by Crippen LogP contribution is 2.16. The number of amidine groups is 1. The molecule has 0 saturated carbocycles. The number of nitrogens with zero attached hydrogens (tertiary/aromatic N) is 1. The largest absolute Gasteiger partial charge is 0.384 e. The van der Waals surface area contributed by atoms with Crippen molar-refractivity contribution in [3.8, 4) is 0 Å². The quantitative estimate of drug-likeness (QED) is 0.633. The number of nitrogen functional groups attached to an aromatic ring is 1. The van der Waals surface area contributed by atoms with Gasteiger partial charge < -0.3 is 5.73 Å². The topological polar surface area (TPSA) is 53.1 Å². The Morgan fingerprint density at radius 3 is 2.43 bits per heavy atom. The van der Waals surface area contributed by atoms with E-state index in [-0.39, 0.29) is 11.4 Å². The number of hydrogen-bond acceptors (Lipinski definition) is 2. The average molecular weight is 285 g/mol. The van der Waals surface area contributed by atoms with Gasteiger partial charge in [0.05, 0.1) is 5.56 Å². The van der Waals surface area contributed by atoms with E-state index in [4.69, 9.17) is 11.1 Å². The summed E-state index contributed by atoms with van der Waals surface area (Å²) in [6.07, 6.45) is 0. The van der Waals surface area contributed by atoms with E-state index in [2.05, 4.69) is 24.0 Å². The van der Waals surface area contributed by atoms with Crippen molar-refractivity contribution in [3.05, 3.63) is 71.0 Å². The summed E-state index contributed by atoms with van der Waals surface area (Å²) < 4.78 is 14.3. The standard InChI is InChI=1S/C17H20FN3/c1-2-21(11-13-7-4-3-5-8-13)12-14-9-6-10-15(16(14)18)17(19)20/h3-10H,2,11-12H2,1H3,(H3,19,20). The molecular formula is C17H20FN3. The van der Waals surface area contributed by atoms with Crippen LogP contribution in [0.5, 0.6) is 0 Å². The molecule has 0 aromatic heterocycles. The maximum Gasteiger partial charge on any atom is 0.138 e. The minimum absolute atomic E-state index is 0.170. The summed E-state index contributed by atoms with van der Waals surface area (Å²) in [4.78, 5) is 2.15. The van der Waals surface area contributed by atoms with Gasteiger partial charge in [-0.25, -0.2) is 4.39 Å². The highest BCUT2D eigenvalue weighted by atomic mass is 19.1. The zero-order valence-corrected chi connectivity index (χ0v) is 12.1. The van der Waals surface area contributed by atoms with Crippen LogP contribution in [0, 0.1) is 11.2 Å². The summed E-state index contributed by atoms with van der Waals surface area (Å²) in [7, 11) is 0. The van der Waals surface area contributed by atoms with Crippen LogP contribution in [0.15, 0.2) is 48.5 Å². The molecule has 3 nitrogen and oxygen atoms in total. The molecule has 0 spiro atoms. The average Bonchev–Trinajstić information content (AvgIpc) is 2.49. The van der Waals surface area contributed by atoms with Gasteiger partial charge in [0.2, 0.25) is 0 Å². The number of nitrogens with two attached hydrogens (primary N) is 1. The van der Waals surface area contributed by atoms with E-state index in [1.165, 1.54) is 11.6 Å². The van der Waals surface area contributed by atoms with Crippen LogP contribution >= 0.6 is 0 Å². The summed E-state index contributed by atoms with van der Waals surface area (Å²) >= 11 is 0. The second kappa shape index (κ2) is 6.99. The zero-order valence-electron chi connectivity index (χ0n) is 12.1. The number of hydrogen-bond donors (Lipinski definition) is 2. The molecule has 0 aliphatic carbocycles. The smallest absolute Gasteiger partial charge is 0.138 e. The lowest BCUT2D eigenvalue weighted by atomic mass is 10.1. The first-order chi connectivity index (χ1) is 10.1. The number of halogens is 1. The second-order valence-electron chi connectivity index (χ2n) is 4.98. The molecule has 0 radical (unpaired) electrons. The van der Waals surface area contributed by atoms with Crippen molar-refractivity contribution in [1.82, 2.24) is 4.90 Å². The van der Waals surface area contributed by atoms with Crippen LogP contribution in [0.1, 0.15) is 23.6 Å². The Labute approximate surface area is 124 Å². The Hall–Kier alpha value is -2.20. The van der Waals surface area contributed by atoms with Crippen LogP contribution in [-0.4, -0.2) is 17.3 Å². The molecule has 110 valence electrons. The van der Waals surface area contributed by atoms with Gasteiger partial charge in [0.15, 0.2) is 0 Å². The number of benzene rings is 2. The summed E-state index contributed by atoms with van der Waals surface area (Å²) in [5.74, 6) is -0.628. The van der Waals surface area contributed by atoms with Gasteiger partial charge in [-0.05, 0) is 18.2 Å². The summed E-state index contributed by atoms with van der Waals surface area (Å²) in [6, 6.07) is 15.1. The van der Waals surface area contributed by atoms with Crippen LogP contribution in [0.2, 0.25) is 0 Å². The lowest BCUT2D eigenvalue weighted by Gasteiger charge is -2.21. The molecule has 0 amide bonds. The molecule has 0 aliphatic heterocycles. The Balaban J connectivity index is 2.15. The van der Waals surface area contributed by atoms with Crippen molar-refractivity contribution in [3.63, 3.8) is 0 Å². The van der Waals surface area contributed by atoms with Gasteiger partial charge in [-0.2, -0.15) is 0 Å². The Bertz CT molecular complexity index is 611. The normalized spacial score (nSPS) is 10.8. The molecule has 0 bridgehead atoms. The Kier molecular flexibility index (Phi) is 5.06. The molecule has 0 aliphatic rings. The molecule has 0 saturated heterocycles. The van der Waals surface area contributed by atoms with E-state index in [0.717, 1.165) is 13.1 Å². The molecule has 3 N–H and O–H groups in total. The van der Waals surface area contributed by atoms with Crippen molar-refractivity contribution >= 4 is 5.84 Å². The molecular weight excluding hydrogens is 265 g/mol. The monoisotopic (exact) mass is 285 g/mol. The van der Waals surface area contributed by atoms with Gasteiger partial charge in [0.25, 0.3) is 0 Å². The van der Waals surface area contributed by atoms with E-state index in [9.17, 15) is 4.39 Å². The highest BCUT2D eigenvalue weighted by Gasteiger charge is 2.13. The van der Waals surface area contributed by atoms with Gasteiger partial charge in [-0.1, -0.05) is 49.4 Å². The van der Waals surface area contributed by atoms with Crippen molar-refractivity contribution in [2.45, 2.75) is 20.0 Å². The molecule has 0 fully saturated rings. The first kappa shape index (κ1) is 15.2. The van der Waals surface area contributed by atoms with Crippen LogP contribution in [0.25, 0.3) is 0 Å². The number of rotatable bonds is 6. The van der Waals surface area contributed by atoms with Gasteiger partial charge in [-0.3, -0.25) is 10.3 Å². The number of nitrogens with one attached hydrogen (secondary N) is 1. The fourth-order valence-electron chi connectivity index (χ4n) is 2.27. The van der Waals surface area contributed by atoms with Crippen LogP contribution in [0.4, 0.5) is 4.39 Å². The van der Waals surface area contributed by atoms with Gasteiger partial charge in [0, 0.05) is 18.7 Å². The van der Waals surface area contributed by atoms with Crippen molar-refractivity contribution in [2.24, 2.45) is 5.73 Å². The highest BCUT2D eigenvalue weighted by molar-refractivity contribution is 5.95. The van der Waals surface area contributed by atoms with E-state index >= 15 is 0 Å². The lowest BCUT2D eigenvalue weighted by molar-refractivity contribution is 0.267. The van der Waals surface area contributed by atoms with Crippen molar-refractivity contribution in [2.75, 3.05) is 6.54 Å². The molecule has 0 unspecified atom stereocenters. The molecule has 2 rings (SSSR count). The maximum absolute atomic E-state index is 14.3. The van der Waals surface area contributed by atoms with E-state index in [0.29, 0.717) is 12.1 Å². The van der Waals surface area contributed by atoms with E-state index in [1.54, 1.807) is 12.1 Å². The summed E-state index contributed by atoms with van der Waals surface area (Å²) in [6.45, 7) is 4.13. The maximum atomic E-state index is 14.3. The third-order valence-corrected chi connectivity index (χ3v) is 3.46. The van der Waals surface area contributed by atoms with Crippen molar-refractivity contribution < 1.29 is 4.39 Å². The predicted octanol–water partition coefficient (Wildman–Crippen LogP) is 3.13. The van der Waals surface area contributed by atoms with Crippen LogP contribution in [0.3, 0.4) is 0 Å². The fraction of sp³-hybridized carbons (Fsp3) is 0.235. The molecule has 4 heteroatoms. The Morgan fingerprint density at radius 2 is 1.81 bits per heavy atom. The molecule has 0 heterocycles.